The summed E-state index contributed by atoms with van der Waals surface area (Å²) in [6, 6.07) is 15.2. The van der Waals surface area contributed by atoms with Crippen LogP contribution in [0.4, 0.5) is 0 Å². The maximum Gasteiger partial charge on any atom is 0.118 e. The molecule has 1 aliphatic heterocycles. The van der Waals surface area contributed by atoms with Gasteiger partial charge in [0.1, 0.15) is 11.5 Å². The number of benzene rings is 2. The molecule has 5 heteroatoms. The lowest BCUT2D eigenvalue weighted by Gasteiger charge is -2.22. The van der Waals surface area contributed by atoms with Gasteiger partial charge >= 0.3 is 0 Å². The van der Waals surface area contributed by atoms with Crippen molar-refractivity contribution in [3.05, 3.63) is 54.1 Å². The number of hydrogen-bond acceptors (Lipinski definition) is 5. The smallest absolute Gasteiger partial charge is 0.118 e. The lowest BCUT2D eigenvalue weighted by Crippen LogP contribution is -2.28. The van der Waals surface area contributed by atoms with Crippen LogP contribution in [0, 0.1) is 11.8 Å². The maximum absolute atomic E-state index is 10.5. The van der Waals surface area contributed by atoms with Gasteiger partial charge in [0, 0.05) is 29.8 Å². The number of rotatable bonds is 6. The lowest BCUT2D eigenvalue weighted by atomic mass is 10.0. The monoisotopic (exact) mass is 385 g/mol. The number of phenols is 1. The zero-order valence-electron chi connectivity index (χ0n) is 15.6. The van der Waals surface area contributed by atoms with Crippen molar-refractivity contribution < 1.29 is 14.9 Å². The topological polar surface area (TPSA) is 52.9 Å². The fourth-order valence-electron chi connectivity index (χ4n) is 4.48. The highest BCUT2D eigenvalue weighted by atomic mass is 32.2. The molecule has 0 aromatic heterocycles. The largest absolute Gasteiger partial charge is 0.508 e. The normalized spacial score (nSPS) is 26.1. The summed E-state index contributed by atoms with van der Waals surface area (Å²) >= 11 is 1.99. The van der Waals surface area contributed by atoms with Crippen LogP contribution in [-0.4, -0.2) is 47.1 Å². The molecule has 27 heavy (non-hydrogen) atoms. The van der Waals surface area contributed by atoms with Gasteiger partial charge in [-0.3, -0.25) is 4.90 Å². The van der Waals surface area contributed by atoms with Crippen LogP contribution in [-0.2, 0) is 0 Å². The van der Waals surface area contributed by atoms with E-state index in [4.69, 9.17) is 4.74 Å². The Bertz CT molecular complexity index is 735. The molecule has 0 spiro atoms. The lowest BCUT2D eigenvalue weighted by molar-refractivity contribution is 0.122. The Morgan fingerprint density at radius 1 is 1.04 bits per heavy atom. The Morgan fingerprint density at radius 3 is 2.26 bits per heavy atom. The number of aliphatic hydroxyl groups excluding tert-OH is 1. The molecule has 4 atom stereocenters. The second-order valence-electron chi connectivity index (χ2n) is 7.73. The average molecular weight is 386 g/mol. The Kier molecular flexibility index (Phi) is 5.62. The predicted molar refractivity (Wildman–Crippen MR) is 108 cm³/mol. The van der Waals surface area contributed by atoms with Gasteiger partial charge in [-0.1, -0.05) is 12.1 Å². The first-order valence-corrected chi connectivity index (χ1v) is 10.5. The van der Waals surface area contributed by atoms with E-state index in [1.54, 1.807) is 31.4 Å². The standard InChI is InChI=1S/C22H27NO3S/c1-26-19-6-8-20(9-7-19)27-21-10-16-12-23(13-17(16)11-21)14-22(25)15-2-4-18(24)5-3-15/h2-9,16-17,21-22,24-25H,10-14H2,1H3/t16-,17+,21+,22?. The molecule has 1 heterocycles. The summed E-state index contributed by atoms with van der Waals surface area (Å²) < 4.78 is 5.23. The minimum Gasteiger partial charge on any atom is -0.508 e. The number of ether oxygens (including phenoxy) is 1. The predicted octanol–water partition coefficient (Wildman–Crippen LogP) is 3.94. The van der Waals surface area contributed by atoms with Gasteiger partial charge in [0.15, 0.2) is 0 Å². The van der Waals surface area contributed by atoms with Crippen molar-refractivity contribution >= 4 is 11.8 Å². The summed E-state index contributed by atoms with van der Waals surface area (Å²) in [6.45, 7) is 2.84. The van der Waals surface area contributed by atoms with E-state index in [0.717, 1.165) is 36.2 Å². The molecule has 0 amide bonds. The summed E-state index contributed by atoms with van der Waals surface area (Å²) in [7, 11) is 1.70. The van der Waals surface area contributed by atoms with Crippen molar-refractivity contribution in [3.8, 4) is 11.5 Å². The van der Waals surface area contributed by atoms with E-state index in [0.29, 0.717) is 11.8 Å². The van der Waals surface area contributed by atoms with Crippen molar-refractivity contribution in [2.45, 2.75) is 29.1 Å². The van der Waals surface area contributed by atoms with Crippen molar-refractivity contribution in [1.82, 2.24) is 4.90 Å². The van der Waals surface area contributed by atoms with Crippen molar-refractivity contribution in [3.63, 3.8) is 0 Å². The second kappa shape index (κ2) is 8.13. The SMILES string of the molecule is COc1ccc(S[C@H]2C[C@@H]3CN(CC(O)c4ccc(O)cc4)C[C@@H]3C2)cc1. The first kappa shape index (κ1) is 18.7. The average Bonchev–Trinajstić information content (AvgIpc) is 3.20. The number of thioether (sulfide) groups is 1. The molecule has 1 saturated heterocycles. The van der Waals surface area contributed by atoms with E-state index in [1.807, 2.05) is 23.9 Å². The Hall–Kier alpha value is -1.69. The van der Waals surface area contributed by atoms with E-state index >= 15 is 0 Å². The second-order valence-corrected chi connectivity index (χ2v) is 9.11. The van der Waals surface area contributed by atoms with Crippen LogP contribution in [0.2, 0.25) is 0 Å². The van der Waals surface area contributed by atoms with E-state index < -0.39 is 6.10 Å². The van der Waals surface area contributed by atoms with Gasteiger partial charge in [0.25, 0.3) is 0 Å². The third-order valence-corrected chi connectivity index (χ3v) is 7.12. The molecular formula is C22H27NO3S. The molecule has 1 aliphatic carbocycles. The summed E-state index contributed by atoms with van der Waals surface area (Å²) in [5, 5.41) is 20.6. The molecule has 4 nitrogen and oxygen atoms in total. The molecule has 1 unspecified atom stereocenters. The minimum absolute atomic E-state index is 0.238. The van der Waals surface area contributed by atoms with Gasteiger partial charge < -0.3 is 14.9 Å². The van der Waals surface area contributed by atoms with Crippen LogP contribution < -0.4 is 4.74 Å². The highest BCUT2D eigenvalue weighted by Crippen LogP contribution is 2.45. The third kappa shape index (κ3) is 4.42. The Morgan fingerprint density at radius 2 is 1.67 bits per heavy atom. The Labute approximate surface area is 165 Å². The van der Waals surface area contributed by atoms with Crippen LogP contribution in [0.1, 0.15) is 24.5 Å². The van der Waals surface area contributed by atoms with Gasteiger partial charge in [-0.05, 0) is 66.6 Å². The summed E-state index contributed by atoms with van der Waals surface area (Å²) in [4.78, 5) is 3.72. The van der Waals surface area contributed by atoms with E-state index in [2.05, 4.69) is 17.0 Å². The highest BCUT2D eigenvalue weighted by Gasteiger charge is 2.41. The number of phenolic OH excluding ortho intramolecular Hbond substituents is 1. The maximum atomic E-state index is 10.5. The Balaban J connectivity index is 1.27. The summed E-state index contributed by atoms with van der Waals surface area (Å²) in [6.07, 6.45) is 2.02. The van der Waals surface area contributed by atoms with Gasteiger partial charge in [-0.25, -0.2) is 0 Å². The zero-order valence-corrected chi connectivity index (χ0v) is 16.4. The van der Waals surface area contributed by atoms with Crippen molar-refractivity contribution in [2.75, 3.05) is 26.7 Å². The summed E-state index contributed by atoms with van der Waals surface area (Å²) in [5.74, 6) is 2.63. The number of β-amino-alcohol motifs (C(OH)–C–C–N with tert-alkyl or cyclic N) is 1. The van der Waals surface area contributed by atoms with Crippen LogP contribution in [0.25, 0.3) is 0 Å². The fraction of sp³-hybridized carbons (Fsp3) is 0.455. The molecule has 2 aromatic carbocycles. The molecule has 1 saturated carbocycles. The van der Waals surface area contributed by atoms with Gasteiger partial charge in [-0.15, -0.1) is 11.8 Å². The van der Waals surface area contributed by atoms with Crippen LogP contribution >= 0.6 is 11.8 Å². The van der Waals surface area contributed by atoms with Crippen LogP contribution in [0.5, 0.6) is 11.5 Å². The molecule has 4 rings (SSSR count). The molecule has 0 bridgehead atoms. The minimum atomic E-state index is -0.492. The molecular weight excluding hydrogens is 358 g/mol. The number of hydrogen-bond donors (Lipinski definition) is 2. The molecule has 2 aromatic rings. The number of aliphatic hydroxyl groups is 1. The van der Waals surface area contributed by atoms with E-state index in [9.17, 15) is 10.2 Å². The van der Waals surface area contributed by atoms with Crippen molar-refractivity contribution in [1.29, 1.82) is 0 Å². The molecule has 2 N–H and O–H groups in total. The van der Waals surface area contributed by atoms with E-state index in [1.165, 1.54) is 17.7 Å². The highest BCUT2D eigenvalue weighted by molar-refractivity contribution is 8.00. The number of fused-ring (bicyclic) bond motifs is 1. The van der Waals surface area contributed by atoms with Crippen molar-refractivity contribution in [2.24, 2.45) is 11.8 Å². The van der Waals surface area contributed by atoms with E-state index in [-0.39, 0.29) is 5.75 Å². The first-order chi connectivity index (χ1) is 13.1. The number of aromatic hydroxyl groups is 1. The van der Waals surface area contributed by atoms with Gasteiger partial charge in [0.05, 0.1) is 13.2 Å². The number of likely N-dealkylation sites (tertiary alicyclic amines) is 1. The third-order valence-electron chi connectivity index (χ3n) is 5.85. The molecule has 2 fully saturated rings. The molecule has 0 radical (unpaired) electrons. The molecule has 2 aliphatic rings. The fourth-order valence-corrected chi connectivity index (χ4v) is 5.84. The quantitative estimate of drug-likeness (QED) is 0.789. The van der Waals surface area contributed by atoms with Gasteiger partial charge in [0.2, 0.25) is 0 Å². The first-order valence-electron chi connectivity index (χ1n) is 9.61. The summed E-state index contributed by atoms with van der Waals surface area (Å²) in [5.41, 5.74) is 0.873. The van der Waals surface area contributed by atoms with Gasteiger partial charge in [-0.2, -0.15) is 0 Å². The number of nitrogens with zero attached hydrogens (tertiary/aromatic N) is 1. The zero-order chi connectivity index (χ0) is 18.8. The molecule has 144 valence electrons. The number of methoxy groups -OCH3 is 1. The van der Waals surface area contributed by atoms with Crippen LogP contribution in [0.15, 0.2) is 53.4 Å². The van der Waals surface area contributed by atoms with Crippen LogP contribution in [0.3, 0.4) is 0 Å².